The van der Waals surface area contributed by atoms with Gasteiger partial charge in [-0.2, -0.15) is 4.37 Å². The molecule has 2 N–H and O–H groups in total. The van der Waals surface area contributed by atoms with Crippen LogP contribution in [0.1, 0.15) is 65.6 Å². The molecule has 118 valence electrons. The van der Waals surface area contributed by atoms with Crippen LogP contribution in [0.15, 0.2) is 0 Å². The lowest BCUT2D eigenvalue weighted by atomic mass is 9.75. The van der Waals surface area contributed by atoms with E-state index in [0.29, 0.717) is 23.9 Å². The van der Waals surface area contributed by atoms with Crippen molar-refractivity contribution in [2.45, 2.75) is 70.8 Å². The summed E-state index contributed by atoms with van der Waals surface area (Å²) in [5.74, 6) is 0.640. The summed E-state index contributed by atoms with van der Waals surface area (Å²) >= 11 is 1.26. The fraction of sp³-hybridized carbons (Fsp3) is 0.800. The van der Waals surface area contributed by atoms with E-state index in [1.165, 1.54) is 11.5 Å². The molecule has 1 saturated carbocycles. The lowest BCUT2D eigenvalue weighted by molar-refractivity contribution is -0.143. The number of hydrogen-bond acceptors (Lipinski definition) is 5. The first-order chi connectivity index (χ1) is 9.77. The zero-order valence-corrected chi connectivity index (χ0v) is 14.1. The summed E-state index contributed by atoms with van der Waals surface area (Å²) in [4.78, 5) is 16.2. The fourth-order valence-electron chi connectivity index (χ4n) is 2.75. The summed E-state index contributed by atoms with van der Waals surface area (Å²) in [6.07, 6.45) is 4.36. The van der Waals surface area contributed by atoms with E-state index >= 15 is 0 Å². The number of hydrogen-bond donors (Lipinski definition) is 2. The van der Waals surface area contributed by atoms with Crippen molar-refractivity contribution in [3.63, 3.8) is 0 Å². The van der Waals surface area contributed by atoms with Crippen LogP contribution in [0.3, 0.4) is 0 Å². The van der Waals surface area contributed by atoms with E-state index in [2.05, 4.69) is 42.4 Å². The molecule has 0 radical (unpaired) electrons. The predicted molar refractivity (Wildman–Crippen MR) is 84.8 cm³/mol. The Labute approximate surface area is 130 Å². The maximum atomic E-state index is 11.8. The molecule has 0 atom stereocenters. The lowest BCUT2D eigenvalue weighted by Crippen LogP contribution is -2.49. The average molecular weight is 311 g/mol. The minimum absolute atomic E-state index is 0.118. The van der Waals surface area contributed by atoms with Gasteiger partial charge in [-0.05, 0) is 31.6 Å². The zero-order chi connectivity index (χ0) is 15.7. The first kappa shape index (κ1) is 16.2. The van der Waals surface area contributed by atoms with E-state index in [1.807, 2.05) is 0 Å². The molecular weight excluding hydrogens is 286 g/mol. The third kappa shape index (κ3) is 3.54. The molecule has 0 aromatic carbocycles. The highest BCUT2D eigenvalue weighted by atomic mass is 32.1. The Balaban J connectivity index is 2.14. The second-order valence-electron chi connectivity index (χ2n) is 7.04. The number of carboxylic acid groups (broad SMARTS) is 1. The smallest absolute Gasteiger partial charge is 0.329 e. The van der Waals surface area contributed by atoms with Crippen molar-refractivity contribution in [3.8, 4) is 0 Å². The topological polar surface area (TPSA) is 75.1 Å². The normalized spacial score (nSPS) is 26.6. The van der Waals surface area contributed by atoms with Gasteiger partial charge in [-0.15, -0.1) is 0 Å². The minimum Gasteiger partial charge on any atom is -0.480 e. The molecule has 2 rings (SSSR count). The summed E-state index contributed by atoms with van der Waals surface area (Å²) < 4.78 is 4.35. The highest BCUT2D eigenvalue weighted by molar-refractivity contribution is 7.09. The number of carboxylic acids is 1. The van der Waals surface area contributed by atoms with E-state index in [4.69, 9.17) is 0 Å². The second-order valence-corrected chi connectivity index (χ2v) is 7.79. The third-order valence-corrected chi connectivity index (χ3v) is 5.02. The molecule has 0 amide bonds. The number of anilines is 1. The fourth-order valence-corrected chi connectivity index (χ4v) is 3.61. The molecule has 1 aromatic rings. The van der Waals surface area contributed by atoms with Gasteiger partial charge in [-0.25, -0.2) is 9.78 Å². The molecule has 0 unspecified atom stereocenters. The average Bonchev–Trinajstić information content (AvgIpc) is 2.88. The highest BCUT2D eigenvalue weighted by Gasteiger charge is 2.42. The van der Waals surface area contributed by atoms with Crippen molar-refractivity contribution < 1.29 is 9.90 Å². The van der Waals surface area contributed by atoms with E-state index in [9.17, 15) is 9.90 Å². The molecule has 1 fully saturated rings. The molecule has 5 nitrogen and oxygen atoms in total. The predicted octanol–water partition coefficient (Wildman–Crippen LogP) is 3.67. The molecule has 1 aliphatic carbocycles. The van der Waals surface area contributed by atoms with Gasteiger partial charge in [-0.3, -0.25) is 0 Å². The summed E-state index contributed by atoms with van der Waals surface area (Å²) in [6.45, 7) is 8.33. The van der Waals surface area contributed by atoms with Crippen LogP contribution in [0.25, 0.3) is 0 Å². The molecule has 21 heavy (non-hydrogen) atoms. The van der Waals surface area contributed by atoms with Gasteiger partial charge >= 0.3 is 5.97 Å². The number of nitrogens with zero attached hydrogens (tertiary/aromatic N) is 2. The van der Waals surface area contributed by atoms with Crippen LogP contribution in [0.4, 0.5) is 5.13 Å². The monoisotopic (exact) mass is 311 g/mol. The summed E-state index contributed by atoms with van der Waals surface area (Å²) in [7, 11) is 0. The summed E-state index contributed by atoms with van der Waals surface area (Å²) in [6, 6.07) is 0. The molecule has 1 heterocycles. The van der Waals surface area contributed by atoms with E-state index in [0.717, 1.165) is 25.1 Å². The van der Waals surface area contributed by atoms with Crippen molar-refractivity contribution >= 4 is 22.6 Å². The zero-order valence-electron chi connectivity index (χ0n) is 13.3. The number of carbonyl (C=O) groups is 1. The number of aromatic nitrogens is 2. The first-order valence-electron chi connectivity index (χ1n) is 7.62. The van der Waals surface area contributed by atoms with Gasteiger partial charge in [0.25, 0.3) is 0 Å². The van der Waals surface area contributed by atoms with Crippen LogP contribution < -0.4 is 5.32 Å². The van der Waals surface area contributed by atoms with Crippen LogP contribution >= 0.6 is 11.5 Å². The Morgan fingerprint density at radius 1 is 1.43 bits per heavy atom. The molecule has 1 aliphatic rings. The first-order valence-corrected chi connectivity index (χ1v) is 8.40. The largest absolute Gasteiger partial charge is 0.480 e. The van der Waals surface area contributed by atoms with Gasteiger partial charge in [0.2, 0.25) is 5.13 Å². The van der Waals surface area contributed by atoms with Crippen molar-refractivity contribution in [3.05, 3.63) is 5.82 Å². The van der Waals surface area contributed by atoms with Crippen molar-refractivity contribution in [2.24, 2.45) is 5.92 Å². The van der Waals surface area contributed by atoms with Gasteiger partial charge in [0, 0.05) is 16.9 Å². The number of aliphatic carboxylic acids is 1. The summed E-state index contributed by atoms with van der Waals surface area (Å²) in [5, 5.41) is 13.5. The number of nitrogens with one attached hydrogen (secondary N) is 1. The van der Waals surface area contributed by atoms with E-state index in [1.54, 1.807) is 0 Å². The second kappa shape index (κ2) is 5.91. The molecular formula is C15H25N3O2S. The Bertz CT molecular complexity index is 499. The van der Waals surface area contributed by atoms with Crippen LogP contribution in [0.2, 0.25) is 0 Å². The van der Waals surface area contributed by atoms with Gasteiger partial charge < -0.3 is 10.4 Å². The van der Waals surface area contributed by atoms with Crippen molar-refractivity contribution in [1.82, 2.24) is 9.36 Å². The molecule has 1 aromatic heterocycles. The molecule has 0 saturated heterocycles. The SMILES string of the molecule is CCC1CCC(Nc2nc(C(C)(C)C)ns2)(C(=O)O)CC1. The van der Waals surface area contributed by atoms with Gasteiger partial charge in [0.1, 0.15) is 11.4 Å². The standard InChI is InChI=1S/C15H25N3O2S/c1-5-10-6-8-15(9-7-10,12(19)20)17-13-16-11(18-21-13)14(2,3)4/h10H,5-9H2,1-4H3,(H,19,20)(H,16,17,18). The van der Waals surface area contributed by atoms with Crippen LogP contribution in [0, 0.1) is 5.92 Å². The Morgan fingerprint density at radius 2 is 2.05 bits per heavy atom. The Hall–Kier alpha value is -1.17. The van der Waals surface area contributed by atoms with Crippen LogP contribution in [-0.4, -0.2) is 26.0 Å². The third-order valence-electron chi connectivity index (χ3n) is 4.39. The van der Waals surface area contributed by atoms with Crippen LogP contribution in [0.5, 0.6) is 0 Å². The van der Waals surface area contributed by atoms with Gasteiger partial charge in [-0.1, -0.05) is 34.1 Å². The number of rotatable bonds is 4. The van der Waals surface area contributed by atoms with Crippen molar-refractivity contribution in [2.75, 3.05) is 5.32 Å². The molecule has 6 heteroatoms. The molecule has 0 spiro atoms. The van der Waals surface area contributed by atoms with Crippen molar-refractivity contribution in [1.29, 1.82) is 0 Å². The van der Waals surface area contributed by atoms with Gasteiger partial charge in [0.15, 0.2) is 0 Å². The molecule has 0 aliphatic heterocycles. The quantitative estimate of drug-likeness (QED) is 0.887. The maximum Gasteiger partial charge on any atom is 0.329 e. The Morgan fingerprint density at radius 3 is 2.48 bits per heavy atom. The molecule has 0 bridgehead atoms. The lowest BCUT2D eigenvalue weighted by Gasteiger charge is -2.37. The van der Waals surface area contributed by atoms with Gasteiger partial charge in [0.05, 0.1) is 0 Å². The maximum absolute atomic E-state index is 11.8. The minimum atomic E-state index is -0.875. The van der Waals surface area contributed by atoms with Crippen LogP contribution in [-0.2, 0) is 10.2 Å². The van der Waals surface area contributed by atoms with E-state index in [-0.39, 0.29) is 5.41 Å². The summed E-state index contributed by atoms with van der Waals surface area (Å²) in [5.41, 5.74) is -0.993. The van der Waals surface area contributed by atoms with E-state index < -0.39 is 11.5 Å². The highest BCUT2D eigenvalue weighted by Crippen LogP contribution is 2.37. The Kier molecular flexibility index (Phi) is 4.56.